The molecule has 1 aromatic rings. The fraction of sp³-hybridized carbons (Fsp3) is 0.692. The van der Waals surface area contributed by atoms with Crippen molar-refractivity contribution in [2.45, 2.75) is 57.9 Å². The van der Waals surface area contributed by atoms with Gasteiger partial charge < -0.3 is 5.73 Å². The van der Waals surface area contributed by atoms with E-state index in [4.69, 9.17) is 5.73 Å². The maximum Gasteiger partial charge on any atom is 0.125 e. The summed E-state index contributed by atoms with van der Waals surface area (Å²) in [5.41, 5.74) is 8.70. The van der Waals surface area contributed by atoms with Crippen LogP contribution in [-0.2, 0) is 6.42 Å². The van der Waals surface area contributed by atoms with Crippen LogP contribution >= 0.6 is 0 Å². The molecule has 3 heteroatoms. The van der Waals surface area contributed by atoms with Crippen molar-refractivity contribution in [3.8, 4) is 0 Å². The van der Waals surface area contributed by atoms with Crippen molar-refractivity contribution in [2.24, 2.45) is 5.73 Å². The van der Waals surface area contributed by atoms with Gasteiger partial charge in [-0.1, -0.05) is 13.8 Å². The van der Waals surface area contributed by atoms with Crippen molar-refractivity contribution >= 4 is 0 Å². The van der Waals surface area contributed by atoms with Crippen molar-refractivity contribution < 1.29 is 0 Å². The molecular weight excluding hydrogens is 198 g/mol. The van der Waals surface area contributed by atoms with E-state index in [-0.39, 0.29) is 5.54 Å². The second-order valence-electron chi connectivity index (χ2n) is 5.34. The molecule has 0 saturated heterocycles. The molecule has 0 bridgehead atoms. The number of rotatable bonds is 4. The van der Waals surface area contributed by atoms with E-state index in [2.05, 4.69) is 23.8 Å². The third-order valence-corrected chi connectivity index (χ3v) is 3.35. The van der Waals surface area contributed by atoms with Crippen molar-refractivity contribution in [1.29, 1.82) is 0 Å². The molecule has 0 radical (unpaired) electrons. The highest BCUT2D eigenvalue weighted by Crippen LogP contribution is 2.37. The molecule has 2 N–H and O–H groups in total. The average Bonchev–Trinajstić information content (AvgIpc) is 2.95. The predicted octanol–water partition coefficient (Wildman–Crippen LogP) is 2.33. The molecule has 0 aromatic carbocycles. The lowest BCUT2D eigenvalue weighted by molar-refractivity contribution is 0.601. The van der Waals surface area contributed by atoms with E-state index in [9.17, 15) is 0 Å². The van der Waals surface area contributed by atoms with Gasteiger partial charge in [-0.05, 0) is 44.1 Å². The summed E-state index contributed by atoms with van der Waals surface area (Å²) in [5.74, 6) is 1.32. The fourth-order valence-electron chi connectivity index (χ4n) is 2.00. The maximum atomic E-state index is 6.11. The van der Waals surface area contributed by atoms with E-state index in [1.807, 2.05) is 13.1 Å². The van der Waals surface area contributed by atoms with Crippen LogP contribution in [0.2, 0.25) is 0 Å². The van der Waals surface area contributed by atoms with Crippen LogP contribution in [0.25, 0.3) is 0 Å². The van der Waals surface area contributed by atoms with Gasteiger partial charge in [0.25, 0.3) is 0 Å². The number of hydrogen-bond donors (Lipinski definition) is 1. The topological polar surface area (TPSA) is 51.8 Å². The van der Waals surface area contributed by atoms with Crippen LogP contribution in [0.1, 0.15) is 56.1 Å². The number of nitrogens with two attached hydrogens (primary N) is 1. The molecule has 1 saturated carbocycles. The normalized spacial score (nSPS) is 17.8. The first-order valence-corrected chi connectivity index (χ1v) is 6.11. The highest BCUT2D eigenvalue weighted by molar-refractivity contribution is 5.21. The Bertz CT molecular complexity index is 381. The Kier molecular flexibility index (Phi) is 2.98. The van der Waals surface area contributed by atoms with E-state index in [1.54, 1.807) is 0 Å². The van der Waals surface area contributed by atoms with E-state index in [0.29, 0.717) is 5.92 Å². The lowest BCUT2D eigenvalue weighted by atomic mass is 9.99. The number of nitrogens with zero attached hydrogens (tertiary/aromatic N) is 2. The summed E-state index contributed by atoms with van der Waals surface area (Å²) >= 11 is 0. The van der Waals surface area contributed by atoms with Gasteiger partial charge in [0.15, 0.2) is 0 Å². The third-order valence-electron chi connectivity index (χ3n) is 3.35. The monoisotopic (exact) mass is 219 g/mol. The largest absolute Gasteiger partial charge is 0.325 e. The van der Waals surface area contributed by atoms with Crippen molar-refractivity contribution in [2.75, 3.05) is 0 Å². The molecule has 0 spiro atoms. The molecular formula is C13H21N3. The molecule has 1 aliphatic carbocycles. The van der Waals surface area contributed by atoms with Gasteiger partial charge in [0.2, 0.25) is 0 Å². The Morgan fingerprint density at radius 3 is 2.69 bits per heavy atom. The van der Waals surface area contributed by atoms with Crippen LogP contribution < -0.4 is 5.73 Å². The summed E-state index contributed by atoms with van der Waals surface area (Å²) in [5, 5.41) is 0. The van der Waals surface area contributed by atoms with Gasteiger partial charge in [-0.25, -0.2) is 9.97 Å². The first-order valence-electron chi connectivity index (χ1n) is 6.11. The SMILES string of the molecule is Cc1ncc(CCC2(N)CC2)c(C(C)C)n1. The molecule has 2 rings (SSSR count). The smallest absolute Gasteiger partial charge is 0.125 e. The summed E-state index contributed by atoms with van der Waals surface area (Å²) < 4.78 is 0. The molecule has 0 amide bonds. The molecule has 1 aromatic heterocycles. The van der Waals surface area contributed by atoms with E-state index in [0.717, 1.165) is 18.7 Å². The molecule has 0 unspecified atom stereocenters. The van der Waals surface area contributed by atoms with Crippen LogP contribution in [0.5, 0.6) is 0 Å². The zero-order chi connectivity index (χ0) is 11.8. The minimum Gasteiger partial charge on any atom is -0.325 e. The van der Waals surface area contributed by atoms with Crippen LogP contribution in [0, 0.1) is 6.92 Å². The van der Waals surface area contributed by atoms with Gasteiger partial charge in [-0.15, -0.1) is 0 Å². The summed E-state index contributed by atoms with van der Waals surface area (Å²) in [7, 11) is 0. The minimum absolute atomic E-state index is 0.124. The number of hydrogen-bond acceptors (Lipinski definition) is 3. The van der Waals surface area contributed by atoms with Gasteiger partial charge >= 0.3 is 0 Å². The fourth-order valence-corrected chi connectivity index (χ4v) is 2.00. The molecule has 1 fully saturated rings. The van der Waals surface area contributed by atoms with E-state index < -0.39 is 0 Å². The average molecular weight is 219 g/mol. The Morgan fingerprint density at radius 2 is 2.12 bits per heavy atom. The Morgan fingerprint density at radius 1 is 1.44 bits per heavy atom. The van der Waals surface area contributed by atoms with Crippen molar-refractivity contribution in [3.05, 3.63) is 23.3 Å². The predicted molar refractivity (Wildman–Crippen MR) is 65.3 cm³/mol. The molecule has 16 heavy (non-hydrogen) atoms. The van der Waals surface area contributed by atoms with Gasteiger partial charge in [0.1, 0.15) is 5.82 Å². The number of aryl methyl sites for hydroxylation is 2. The summed E-state index contributed by atoms with van der Waals surface area (Å²) in [6.07, 6.45) is 6.42. The van der Waals surface area contributed by atoms with Gasteiger partial charge in [-0.2, -0.15) is 0 Å². The lowest BCUT2D eigenvalue weighted by Crippen LogP contribution is -2.22. The Labute approximate surface area is 97.5 Å². The van der Waals surface area contributed by atoms with E-state index in [1.165, 1.54) is 24.1 Å². The molecule has 3 nitrogen and oxygen atoms in total. The minimum atomic E-state index is 0.124. The zero-order valence-corrected chi connectivity index (χ0v) is 10.5. The lowest BCUT2D eigenvalue weighted by Gasteiger charge is -2.13. The zero-order valence-electron chi connectivity index (χ0n) is 10.5. The van der Waals surface area contributed by atoms with Gasteiger partial charge in [-0.3, -0.25) is 0 Å². The molecule has 0 atom stereocenters. The highest BCUT2D eigenvalue weighted by Gasteiger charge is 2.37. The van der Waals surface area contributed by atoms with E-state index >= 15 is 0 Å². The first-order chi connectivity index (χ1) is 7.50. The van der Waals surface area contributed by atoms with Crippen LogP contribution in [0.4, 0.5) is 0 Å². The molecule has 88 valence electrons. The molecule has 0 aliphatic heterocycles. The Hall–Kier alpha value is -0.960. The molecule has 1 aliphatic rings. The van der Waals surface area contributed by atoms with Crippen LogP contribution in [0.15, 0.2) is 6.20 Å². The van der Waals surface area contributed by atoms with Gasteiger partial charge in [0.05, 0.1) is 0 Å². The van der Waals surface area contributed by atoms with Crippen LogP contribution in [-0.4, -0.2) is 15.5 Å². The number of aromatic nitrogens is 2. The highest BCUT2D eigenvalue weighted by atomic mass is 14.9. The summed E-state index contributed by atoms with van der Waals surface area (Å²) in [6.45, 7) is 6.31. The summed E-state index contributed by atoms with van der Waals surface area (Å²) in [6, 6.07) is 0. The first kappa shape index (κ1) is 11.5. The standard InChI is InChI=1S/C13H21N3/c1-9(2)12-11(8-15-10(3)16-12)4-5-13(14)6-7-13/h8-9H,4-7,14H2,1-3H3. The van der Waals surface area contributed by atoms with Crippen molar-refractivity contribution in [1.82, 2.24) is 9.97 Å². The third kappa shape index (κ3) is 2.59. The summed E-state index contributed by atoms with van der Waals surface area (Å²) in [4.78, 5) is 8.83. The second kappa shape index (κ2) is 4.13. The van der Waals surface area contributed by atoms with Crippen LogP contribution in [0.3, 0.4) is 0 Å². The maximum absolute atomic E-state index is 6.11. The van der Waals surface area contributed by atoms with Gasteiger partial charge in [0, 0.05) is 17.4 Å². The molecule has 1 heterocycles. The quantitative estimate of drug-likeness (QED) is 0.845. The second-order valence-corrected chi connectivity index (χ2v) is 5.34. The Balaban J connectivity index is 2.12. The van der Waals surface area contributed by atoms with Crippen molar-refractivity contribution in [3.63, 3.8) is 0 Å².